The number of benzene rings is 10. The van der Waals surface area contributed by atoms with Crippen LogP contribution < -0.4 is 374 Å². The molecule has 0 spiro atoms. The Morgan fingerprint density at radius 2 is 0.716 bits per heavy atom. The number of carboxylic acids is 4. The van der Waals surface area contributed by atoms with Crippen LogP contribution >= 0.6 is 59.7 Å². The van der Waals surface area contributed by atoms with Crippen molar-refractivity contribution in [2.24, 2.45) is 14.1 Å². The zero-order chi connectivity index (χ0) is 98.4. The van der Waals surface area contributed by atoms with Crippen molar-refractivity contribution < 1.29 is 447 Å². The summed E-state index contributed by atoms with van der Waals surface area (Å²) < 4.78 is 145. The molecule has 14 aromatic rings. The predicted octanol–water partition coefficient (Wildman–Crippen LogP) is -26.0. The van der Waals surface area contributed by atoms with Gasteiger partial charge in [0.2, 0.25) is 11.9 Å². The number of nitrogens with zero attached hydrogens (tertiary/aromatic N) is 8. The second kappa shape index (κ2) is 56.3. The zero-order valence-corrected chi connectivity index (χ0v) is 105. The van der Waals surface area contributed by atoms with Crippen molar-refractivity contribution in [2.75, 3.05) is 32.8 Å². The van der Waals surface area contributed by atoms with Crippen molar-refractivity contribution in [1.29, 1.82) is 0 Å². The molecule has 0 bridgehead atoms. The van der Waals surface area contributed by atoms with Crippen LogP contribution in [0, 0.1) is 0 Å². The predicted molar refractivity (Wildman–Crippen MR) is 461 cm³/mol. The Hall–Kier alpha value is -4.88. The van der Waals surface area contributed by atoms with Crippen LogP contribution in [0.1, 0.15) is 105 Å². The fourth-order valence-electron chi connectivity index (χ4n) is 14.8. The number of fused-ring (bicyclic) bond motifs is 4. The van der Waals surface area contributed by atoms with Crippen LogP contribution in [0.5, 0.6) is 23.5 Å². The number of pyridine rings is 2. The number of rotatable bonds is 37. The van der Waals surface area contributed by atoms with Gasteiger partial charge in [-0.25, -0.2) is 25.3 Å². The van der Waals surface area contributed by atoms with Gasteiger partial charge in [-0.3, -0.25) is 43.9 Å². The fraction of sp³-hybridized carbons (Fsp3) is 0.0476. The monoisotopic (exact) mass is 2250 g/mol. The molecule has 4 N–H and O–H groups in total. The summed E-state index contributed by atoms with van der Waals surface area (Å²) in [6, 6.07) is 32.0. The van der Waals surface area contributed by atoms with Gasteiger partial charge in [0.05, 0.1) is 152 Å². The molecule has 0 unspecified atom stereocenters. The topological polar surface area (TPSA) is 713 Å². The van der Waals surface area contributed by atoms with Crippen LogP contribution in [-0.4, -0.2) is 136 Å². The summed E-state index contributed by atoms with van der Waals surface area (Å²) in [7, 11) is -14.2. The van der Waals surface area contributed by atoms with E-state index in [1.54, 1.807) is 6.07 Å². The number of nitrogens with one attached hydrogen (secondary N) is 4. The molecule has 0 aliphatic heterocycles. The van der Waals surface area contributed by atoms with Crippen LogP contribution in [0.15, 0.2) is 231 Å². The third-order valence-corrected chi connectivity index (χ3v) is 26.9. The largest absolute Gasteiger partial charge is 1.00 e. The fourth-order valence-corrected chi connectivity index (χ4v) is 19.7. The molecular weight excluding hydrogens is 2210 g/mol. The number of anilines is 8. The van der Waals surface area contributed by atoms with Crippen molar-refractivity contribution in [3.05, 3.63) is 269 Å². The Balaban J connectivity index is 0.00000334. The Labute approximate surface area is 1080 Å². The molecule has 0 atom stereocenters. The van der Waals surface area contributed by atoms with Crippen molar-refractivity contribution in [1.82, 2.24) is 39.0 Å². The molecule has 0 radical (unpaired) electrons. The minimum Gasteiger partial charge on any atom is -0.744 e. The summed E-state index contributed by atoms with van der Waals surface area (Å²) in [4.78, 5) is 160. The molecule has 148 heavy (non-hydrogen) atoms. The minimum atomic E-state index is -5.77. The number of carbonyl (C=O) groups excluding carboxylic acids is 8. The third-order valence-electron chi connectivity index (χ3n) is 20.5. The van der Waals surface area contributed by atoms with E-state index in [1.807, 2.05) is 0 Å². The summed E-state index contributed by atoms with van der Waals surface area (Å²) in [5.74, 6) is -14.4. The molecule has 4 heterocycles. The molecule has 2 aliphatic carbocycles. The van der Waals surface area contributed by atoms with Gasteiger partial charge in [-0.05, 0) is 120 Å². The van der Waals surface area contributed by atoms with Crippen molar-refractivity contribution >= 4 is 205 Å². The van der Waals surface area contributed by atoms with Gasteiger partial charge >= 0.3 is 308 Å². The van der Waals surface area contributed by atoms with Gasteiger partial charge in [-0.15, -0.1) is 0 Å². The van der Waals surface area contributed by atoms with Gasteiger partial charge in [0.25, 0.3) is 11.1 Å². The maximum Gasteiger partial charge on any atom is 1.00 e. The molecule has 16 rings (SSSR count). The summed E-state index contributed by atoms with van der Waals surface area (Å²) in [6.07, 6.45) is 0. The van der Waals surface area contributed by atoms with Crippen LogP contribution in [0.25, 0.3) is 44.1 Å². The number of aromatic carboxylic acids is 4. The first kappa shape index (κ1) is 132. The number of hydrogen-bond donors (Lipinski definition) is 4. The van der Waals surface area contributed by atoms with E-state index in [2.05, 4.69) is 79.3 Å². The van der Waals surface area contributed by atoms with Crippen molar-refractivity contribution in [3.8, 4) is 45.8 Å². The first-order valence-electron chi connectivity index (χ1n) is 38.2. The number of aryl methyl sites for hydroxylation is 2. The van der Waals surface area contributed by atoms with E-state index < -0.39 is 215 Å². The van der Waals surface area contributed by atoms with Crippen LogP contribution in [0.2, 0.25) is 0 Å². The van der Waals surface area contributed by atoms with E-state index in [0.717, 1.165) is 69.8 Å². The average molecular weight is 2250 g/mol. The van der Waals surface area contributed by atoms with Gasteiger partial charge in [0.1, 0.15) is 41.9 Å². The Morgan fingerprint density at radius 1 is 0.358 bits per heavy atom. The molecule has 64 heteroatoms. The Bertz CT molecular complexity index is 8130. The maximum atomic E-state index is 15.2. The second-order valence-corrected chi connectivity index (χ2v) is 37.1. The smallest absolute Gasteiger partial charge is 0.744 e. The van der Waals surface area contributed by atoms with Gasteiger partial charge in [-0.2, -0.15) is 42.9 Å². The molecule has 0 amide bonds. The van der Waals surface area contributed by atoms with E-state index >= 15 is 9.59 Å². The summed E-state index contributed by atoms with van der Waals surface area (Å²) in [5, 5.41) is 104. The number of thioether (sulfide) groups is 2. The Kier molecular flexibility index (Phi) is 50.2. The van der Waals surface area contributed by atoms with Crippen molar-refractivity contribution in [2.45, 2.75) is 39.7 Å². The quantitative estimate of drug-likeness (QED) is 0.00410. The molecule has 2 aliphatic rings. The number of hydrogen-bond acceptors (Lipinski definition) is 49. The summed E-state index contributed by atoms with van der Waals surface area (Å²) >= 11 is 1.81. The van der Waals surface area contributed by atoms with Gasteiger partial charge in [0, 0.05) is 96.9 Å². The number of ketones is 4. The van der Waals surface area contributed by atoms with E-state index in [9.17, 15) is 113 Å². The molecule has 702 valence electrons. The molecule has 4 aromatic heterocycles. The zero-order valence-electron chi connectivity index (χ0n) is 78.5. The van der Waals surface area contributed by atoms with E-state index in [-0.39, 0.29) is 425 Å². The third kappa shape index (κ3) is 29.2. The molecule has 0 saturated carbocycles. The molecule has 0 fully saturated rings. The molecular formula is C84H44N12Na10O34S8. The molecule has 46 nitrogen and oxygen atoms in total. The summed E-state index contributed by atoms with van der Waals surface area (Å²) in [6.45, 7) is 0. The number of aromatic nitrogens is 8. The number of ether oxygens (including phenoxy) is 2. The minimum absolute atomic E-state index is 0. The van der Waals surface area contributed by atoms with Crippen LogP contribution in [-0.2, 0) is 72.6 Å². The second-order valence-electron chi connectivity index (χ2n) is 28.7. The van der Waals surface area contributed by atoms with Gasteiger partial charge < -0.3 is 109 Å². The van der Waals surface area contributed by atoms with Crippen LogP contribution in [0.4, 0.5) is 46.0 Å². The Morgan fingerprint density at radius 3 is 1.10 bits per heavy atom. The molecule has 0 saturated heterocycles. The summed E-state index contributed by atoms with van der Waals surface area (Å²) in [5.41, 5.74) is -10.1. The van der Waals surface area contributed by atoms with E-state index in [0.29, 0.717) is 59.8 Å². The molecule has 10 aromatic carbocycles. The van der Waals surface area contributed by atoms with Gasteiger partial charge in [-0.1, -0.05) is 96.3 Å². The number of carbonyl (C=O) groups is 8. The maximum absolute atomic E-state index is 15.2. The van der Waals surface area contributed by atoms with E-state index in [4.69, 9.17) is 9.47 Å². The number of carboxylic acid groups (broad SMARTS) is 4. The first-order valence-corrected chi connectivity index (χ1v) is 46.7. The van der Waals surface area contributed by atoms with Crippen molar-refractivity contribution in [3.63, 3.8) is 0 Å². The SMILES string of the molecule is Cn1c(=O)c(C(=O)c2cccc(SOO[O-])c2)c2c3c(c(Nc4cc(Nc5nc(Oc6cc(C(=O)[O-])cc(C(=O)[O-])c6)nc(SCCSc6nc(Nc7cc(Nc8ccc9c%10c8C(=O)c8ccccc8-c%10c(C(=O)c8cccc(S(=O)(=O)[O-])c8)c(=O)n9C)c(S(=O)(=O)[O-])cc7SOO[O-])nc(Oc7cc(C(=O)[O-])cc(C(=O)[O-])c7)n6)n5)c(S(=O)(=O)[O-])cc4SOO[O-])ccc31)C(=O)c1ccccc1-2.[Na+].[Na+].[Na+].[Na+].[Na+].[Na+].[Na+].[Na+].[Na+].[Na+]. The normalized spacial score (nSPS) is 11.3. The van der Waals surface area contributed by atoms with Crippen LogP contribution in [0.3, 0.4) is 0 Å². The van der Waals surface area contributed by atoms with E-state index in [1.165, 1.54) is 105 Å². The standard InChI is InChI=1S/C84H54N12O34S8.10Na/c1-95-55-19-17-49(63-65(55)61(45-13-3-5-15-47(45)71(63)99)67(73(95)101)69(97)35-9-7-11-43(29-35)133-128-125-111)85-51-31-54(60(138(120,121)122)33-57(51)134-129-126-112)88-80-90-82(124-42-27-39(77(107)108)24-40(28-42)78(109)110)94-84(92-80)132-22-21-131-83-91-79(89-81(93-83)123-41-25-37(75(103)104)23-38(26-41)76(105)106)87-52-32-53(59(137(117,118)119)34-58(52)135-130-127-113)86-50-18-20-56-66-62(46-14-4-6-16-48(46)72(100)64(50)66)68(74(102)96(56)2)70(98)36-10-8-12-44(30-36)136(114,115)116;;;;;;;;;;/h3-20,23-34,85-86,111-113H,21-22H2,1-2H3,(H,103,104)(H,105,106)(H,107,108)(H,109,110)(H,114,115,116)(H,117,118,119)(H,120,121,122)(H,87,89,91,93)(H,88,90,92,94);;;;;;;;;;/q;10*+1/p-10. The average Bonchev–Trinajstić information content (AvgIpc) is 0.707. The first-order chi connectivity index (χ1) is 65.8. The van der Waals surface area contributed by atoms with Gasteiger partial charge in [0.15, 0.2) is 33.4 Å².